The van der Waals surface area contributed by atoms with Crippen LogP contribution in [-0.2, 0) is 32.2 Å². The average Bonchev–Trinajstić information content (AvgIpc) is 2.95. The smallest absolute Gasteiger partial charge is 0.383 e. The van der Waals surface area contributed by atoms with Gasteiger partial charge in [0.15, 0.2) is 5.76 Å². The maximum atomic E-state index is 12.1. The van der Waals surface area contributed by atoms with E-state index >= 15 is 0 Å². The number of hydrogen-bond acceptors (Lipinski definition) is 4. The quantitative estimate of drug-likeness (QED) is 0.547. The molecule has 128 valence electrons. The molecule has 2 aromatic rings. The molecule has 0 saturated heterocycles. The molecule has 0 spiro atoms. The second-order valence-corrected chi connectivity index (χ2v) is 5.63. The lowest BCUT2D eigenvalue weighted by Crippen LogP contribution is -2.04. The van der Waals surface area contributed by atoms with Gasteiger partial charge in [-0.05, 0) is 17.2 Å². The van der Waals surface area contributed by atoms with Crippen molar-refractivity contribution in [1.82, 2.24) is 0 Å². The predicted octanol–water partition coefficient (Wildman–Crippen LogP) is 4.31. The maximum absolute atomic E-state index is 12.1. The lowest BCUT2D eigenvalue weighted by molar-refractivity contribution is -0.136. The number of cyclic esters (lactones) is 1. The molecule has 5 heteroatoms. The molecule has 0 amide bonds. The van der Waals surface area contributed by atoms with Gasteiger partial charge in [-0.25, -0.2) is 4.79 Å². The third kappa shape index (κ3) is 4.43. The number of esters is 1. The molecule has 1 aliphatic rings. The first-order valence-electron chi connectivity index (χ1n) is 7.84. The molecule has 0 bridgehead atoms. The van der Waals surface area contributed by atoms with Crippen LogP contribution in [0.1, 0.15) is 11.1 Å². The van der Waals surface area contributed by atoms with Crippen LogP contribution in [-0.4, -0.2) is 11.8 Å². The van der Waals surface area contributed by atoms with Crippen LogP contribution in [0.2, 0.25) is 0 Å². The van der Waals surface area contributed by atoms with E-state index in [2.05, 4.69) is 0 Å². The van der Waals surface area contributed by atoms with Crippen molar-refractivity contribution in [3.8, 4) is 0 Å². The summed E-state index contributed by atoms with van der Waals surface area (Å²) in [5.74, 6) is 0.267. The minimum absolute atomic E-state index is 0.0659. The first-order valence-corrected chi connectivity index (χ1v) is 8.38. The van der Waals surface area contributed by atoms with Gasteiger partial charge in [-0.2, -0.15) is 0 Å². The van der Waals surface area contributed by atoms with Gasteiger partial charge in [-0.3, -0.25) is 0 Å². The number of carbonyl (C=O) groups is 1. The Balaban J connectivity index is 1.78. The first-order chi connectivity index (χ1) is 12.3. The Kier molecular flexibility index (Phi) is 5.75. The van der Waals surface area contributed by atoms with Crippen molar-refractivity contribution in [1.29, 1.82) is 0 Å². The first kappa shape index (κ1) is 17.1. The third-order valence-corrected chi connectivity index (χ3v) is 3.69. The fourth-order valence-corrected chi connectivity index (χ4v) is 2.46. The van der Waals surface area contributed by atoms with Gasteiger partial charge in [0.2, 0.25) is 5.76 Å². The van der Waals surface area contributed by atoms with Gasteiger partial charge in [0.1, 0.15) is 13.2 Å². The van der Waals surface area contributed by atoms with Gasteiger partial charge >= 0.3 is 5.97 Å². The molecule has 3 rings (SSSR count). The number of ether oxygens (including phenoxy) is 3. The van der Waals surface area contributed by atoms with Crippen LogP contribution in [0.5, 0.6) is 0 Å². The highest BCUT2D eigenvalue weighted by Gasteiger charge is 2.33. The zero-order valence-corrected chi connectivity index (χ0v) is 14.2. The molecule has 1 heterocycles. The SMILES string of the molecule is O=C1O/C(=C\CCl)C(OCc2ccccc2)=C1OCc1ccccc1. The summed E-state index contributed by atoms with van der Waals surface area (Å²) in [5, 5.41) is 0. The Labute approximate surface area is 151 Å². The molecule has 0 N–H and O–H groups in total. The topological polar surface area (TPSA) is 44.8 Å². The summed E-state index contributed by atoms with van der Waals surface area (Å²) in [5.41, 5.74) is 1.92. The second kappa shape index (κ2) is 8.40. The Morgan fingerprint density at radius 3 is 1.88 bits per heavy atom. The van der Waals surface area contributed by atoms with Crippen LogP contribution < -0.4 is 0 Å². The summed E-state index contributed by atoms with van der Waals surface area (Å²) < 4.78 is 16.7. The van der Waals surface area contributed by atoms with Gasteiger partial charge in [0.25, 0.3) is 5.76 Å². The van der Waals surface area contributed by atoms with E-state index in [1.807, 2.05) is 60.7 Å². The van der Waals surface area contributed by atoms with Gasteiger partial charge in [-0.1, -0.05) is 60.7 Å². The molecule has 0 fully saturated rings. The summed E-state index contributed by atoms with van der Waals surface area (Å²) in [7, 11) is 0. The zero-order chi connectivity index (χ0) is 17.5. The maximum Gasteiger partial charge on any atom is 0.383 e. The highest BCUT2D eigenvalue weighted by Crippen LogP contribution is 2.29. The number of benzene rings is 2. The van der Waals surface area contributed by atoms with Crippen molar-refractivity contribution in [2.24, 2.45) is 0 Å². The molecule has 0 radical (unpaired) electrons. The molecular formula is C20H17ClO4. The van der Waals surface area contributed by atoms with Crippen molar-refractivity contribution >= 4 is 17.6 Å². The summed E-state index contributed by atoms with van der Waals surface area (Å²) in [6.45, 7) is 0.544. The number of rotatable bonds is 7. The van der Waals surface area contributed by atoms with E-state index in [1.54, 1.807) is 6.08 Å². The van der Waals surface area contributed by atoms with Crippen molar-refractivity contribution in [2.75, 3.05) is 5.88 Å². The second-order valence-electron chi connectivity index (χ2n) is 5.32. The summed E-state index contributed by atoms with van der Waals surface area (Å²) in [6.07, 6.45) is 1.58. The molecule has 0 aromatic heterocycles. The molecule has 1 aliphatic heterocycles. The van der Waals surface area contributed by atoms with Crippen LogP contribution in [0.25, 0.3) is 0 Å². The van der Waals surface area contributed by atoms with Crippen molar-refractivity contribution in [3.05, 3.63) is 95.1 Å². The van der Waals surface area contributed by atoms with E-state index in [-0.39, 0.29) is 24.0 Å². The summed E-state index contributed by atoms with van der Waals surface area (Å²) >= 11 is 5.75. The normalized spacial score (nSPS) is 15.4. The minimum Gasteiger partial charge on any atom is -0.481 e. The average molecular weight is 357 g/mol. The highest BCUT2D eigenvalue weighted by molar-refractivity contribution is 6.19. The minimum atomic E-state index is -0.574. The van der Waals surface area contributed by atoms with Crippen LogP contribution >= 0.6 is 11.6 Å². The van der Waals surface area contributed by atoms with Gasteiger partial charge < -0.3 is 14.2 Å². The molecule has 0 saturated carbocycles. The largest absolute Gasteiger partial charge is 0.481 e. The van der Waals surface area contributed by atoms with E-state index < -0.39 is 5.97 Å². The van der Waals surface area contributed by atoms with E-state index in [1.165, 1.54) is 0 Å². The monoisotopic (exact) mass is 356 g/mol. The standard InChI is InChI=1S/C20H17ClO4/c21-12-11-17-18(23-13-15-7-3-1-4-8-15)19(20(22)25-17)24-14-16-9-5-2-6-10-16/h1-11H,12-14H2/b17-11-. The van der Waals surface area contributed by atoms with Crippen LogP contribution in [0.3, 0.4) is 0 Å². The summed E-state index contributed by atoms with van der Waals surface area (Å²) in [4.78, 5) is 12.1. The van der Waals surface area contributed by atoms with Gasteiger partial charge in [0, 0.05) is 5.88 Å². The Hall–Kier alpha value is -2.72. The number of allylic oxidation sites excluding steroid dienone is 1. The Morgan fingerprint density at radius 1 is 0.840 bits per heavy atom. The van der Waals surface area contributed by atoms with E-state index in [4.69, 9.17) is 25.8 Å². The van der Waals surface area contributed by atoms with E-state index in [0.29, 0.717) is 12.4 Å². The molecule has 0 unspecified atom stereocenters. The zero-order valence-electron chi connectivity index (χ0n) is 13.5. The summed E-state index contributed by atoms with van der Waals surface area (Å²) in [6, 6.07) is 19.2. The van der Waals surface area contributed by atoms with Gasteiger partial charge in [0.05, 0.1) is 0 Å². The fraction of sp³-hybridized carbons (Fsp3) is 0.150. The van der Waals surface area contributed by atoms with Gasteiger partial charge in [-0.15, -0.1) is 11.6 Å². The molecule has 2 aromatic carbocycles. The Bertz CT molecular complexity index is 782. The number of carbonyl (C=O) groups excluding carboxylic acids is 1. The van der Waals surface area contributed by atoms with Crippen molar-refractivity contribution in [3.63, 3.8) is 0 Å². The van der Waals surface area contributed by atoms with Crippen LogP contribution in [0.4, 0.5) is 0 Å². The third-order valence-electron chi connectivity index (χ3n) is 3.53. The predicted molar refractivity (Wildman–Crippen MR) is 94.4 cm³/mol. The van der Waals surface area contributed by atoms with E-state index in [0.717, 1.165) is 11.1 Å². The van der Waals surface area contributed by atoms with Crippen LogP contribution in [0, 0.1) is 0 Å². The molecule has 25 heavy (non-hydrogen) atoms. The highest BCUT2D eigenvalue weighted by atomic mass is 35.5. The van der Waals surface area contributed by atoms with E-state index in [9.17, 15) is 4.79 Å². The fourth-order valence-electron chi connectivity index (χ4n) is 2.32. The lowest BCUT2D eigenvalue weighted by Gasteiger charge is -2.09. The molecular weight excluding hydrogens is 340 g/mol. The van der Waals surface area contributed by atoms with Crippen molar-refractivity contribution in [2.45, 2.75) is 13.2 Å². The molecule has 4 nitrogen and oxygen atoms in total. The molecule has 0 aliphatic carbocycles. The van der Waals surface area contributed by atoms with Crippen molar-refractivity contribution < 1.29 is 19.0 Å². The molecule has 0 atom stereocenters. The number of halogens is 1. The van der Waals surface area contributed by atoms with Crippen LogP contribution in [0.15, 0.2) is 84.0 Å². The Morgan fingerprint density at radius 2 is 1.36 bits per heavy atom. The lowest BCUT2D eigenvalue weighted by atomic mass is 10.2. The number of hydrogen-bond donors (Lipinski definition) is 0. The number of alkyl halides is 1.